The molecule has 2 aliphatic carbocycles. The number of hydrogen-bond acceptors (Lipinski definition) is 4. The summed E-state index contributed by atoms with van der Waals surface area (Å²) in [5, 5.41) is 0. The number of allylic oxidation sites excluding steroid dienone is 2. The first-order valence-corrected chi connectivity index (χ1v) is 9.63. The molecule has 0 aliphatic heterocycles. The smallest absolute Gasteiger partial charge is 0.191 e. The Morgan fingerprint density at radius 1 is 0.600 bits per heavy atom. The van der Waals surface area contributed by atoms with Crippen LogP contribution in [0.25, 0.3) is 0 Å². The highest BCUT2D eigenvalue weighted by molar-refractivity contribution is 6.41. The molecular formula is C26H16O4. The standard InChI is InChI=1S/C26H16O4/c1-15-8-2-7-13-20(15)26(24(29)18-11-5-6-12-19(18)25(26)30)21-14-22(27)16-9-3-4-10-17(16)23(21)28/h2-14H,1H3. The Morgan fingerprint density at radius 2 is 1.10 bits per heavy atom. The molecule has 0 N–H and O–H groups in total. The van der Waals surface area contributed by atoms with Crippen molar-refractivity contribution in [2.75, 3.05) is 0 Å². The summed E-state index contributed by atoms with van der Waals surface area (Å²) in [5.41, 5.74) is 0.222. The molecule has 5 rings (SSSR count). The molecule has 0 aromatic heterocycles. The fourth-order valence-corrected chi connectivity index (χ4v) is 4.61. The van der Waals surface area contributed by atoms with Crippen LogP contribution in [0.2, 0.25) is 0 Å². The second-order valence-electron chi connectivity index (χ2n) is 7.57. The van der Waals surface area contributed by atoms with Crippen LogP contribution in [-0.2, 0) is 5.41 Å². The number of rotatable bonds is 2. The Balaban J connectivity index is 1.87. The van der Waals surface area contributed by atoms with Gasteiger partial charge in [-0.05, 0) is 24.1 Å². The van der Waals surface area contributed by atoms with Crippen LogP contribution >= 0.6 is 0 Å². The van der Waals surface area contributed by atoms with E-state index in [1.54, 1.807) is 79.7 Å². The van der Waals surface area contributed by atoms with E-state index in [4.69, 9.17) is 0 Å². The van der Waals surface area contributed by atoms with Crippen molar-refractivity contribution in [3.05, 3.63) is 118 Å². The van der Waals surface area contributed by atoms with Crippen molar-refractivity contribution in [3.63, 3.8) is 0 Å². The van der Waals surface area contributed by atoms with E-state index in [9.17, 15) is 19.2 Å². The quantitative estimate of drug-likeness (QED) is 0.609. The van der Waals surface area contributed by atoms with Gasteiger partial charge in [0.25, 0.3) is 0 Å². The lowest BCUT2D eigenvalue weighted by Crippen LogP contribution is -2.45. The number of Topliss-reactive ketones (excluding diaryl/α,β-unsaturated/α-hetero) is 3. The van der Waals surface area contributed by atoms with Crippen molar-refractivity contribution in [1.82, 2.24) is 0 Å². The van der Waals surface area contributed by atoms with Crippen molar-refractivity contribution < 1.29 is 19.2 Å². The molecule has 0 atom stereocenters. The third kappa shape index (κ3) is 2.16. The minimum Gasteiger partial charge on any atom is -0.292 e. The summed E-state index contributed by atoms with van der Waals surface area (Å²) < 4.78 is 0. The van der Waals surface area contributed by atoms with Gasteiger partial charge in [0, 0.05) is 27.8 Å². The van der Waals surface area contributed by atoms with E-state index >= 15 is 0 Å². The summed E-state index contributed by atoms with van der Waals surface area (Å²) in [6.45, 7) is 1.80. The van der Waals surface area contributed by atoms with Crippen LogP contribution < -0.4 is 0 Å². The summed E-state index contributed by atoms with van der Waals surface area (Å²) in [6.07, 6.45) is 1.18. The molecule has 0 amide bonds. The Bertz CT molecular complexity index is 1290. The van der Waals surface area contributed by atoms with E-state index < -0.39 is 22.8 Å². The van der Waals surface area contributed by atoms with Crippen LogP contribution in [0.4, 0.5) is 0 Å². The molecule has 0 saturated heterocycles. The second kappa shape index (κ2) is 6.29. The lowest BCUT2D eigenvalue weighted by Gasteiger charge is -2.32. The molecule has 0 heterocycles. The molecule has 3 aromatic carbocycles. The van der Waals surface area contributed by atoms with Gasteiger partial charge in [-0.1, -0.05) is 72.8 Å². The summed E-state index contributed by atoms with van der Waals surface area (Å²) in [6, 6.07) is 20.1. The Hall–Kier alpha value is -3.92. The molecule has 0 fully saturated rings. The predicted molar refractivity (Wildman–Crippen MR) is 111 cm³/mol. The monoisotopic (exact) mass is 392 g/mol. The van der Waals surface area contributed by atoms with Crippen LogP contribution in [0, 0.1) is 6.92 Å². The molecule has 4 heteroatoms. The largest absolute Gasteiger partial charge is 0.292 e. The second-order valence-corrected chi connectivity index (χ2v) is 7.57. The fraction of sp³-hybridized carbons (Fsp3) is 0.0769. The highest BCUT2D eigenvalue weighted by Gasteiger charge is 2.59. The van der Waals surface area contributed by atoms with Crippen molar-refractivity contribution in [1.29, 1.82) is 0 Å². The van der Waals surface area contributed by atoms with Gasteiger partial charge in [0.15, 0.2) is 28.5 Å². The zero-order valence-electron chi connectivity index (χ0n) is 16.1. The molecular weight excluding hydrogens is 376 g/mol. The number of aryl methyl sites for hydroxylation is 1. The van der Waals surface area contributed by atoms with Gasteiger partial charge in [-0.3, -0.25) is 19.2 Å². The van der Waals surface area contributed by atoms with Gasteiger partial charge in [0.1, 0.15) is 0 Å². The Kier molecular flexibility index (Phi) is 3.80. The molecule has 0 bridgehead atoms. The first-order valence-electron chi connectivity index (χ1n) is 9.63. The highest BCUT2D eigenvalue weighted by atomic mass is 16.2. The van der Waals surface area contributed by atoms with Crippen LogP contribution in [0.3, 0.4) is 0 Å². The van der Waals surface area contributed by atoms with Crippen LogP contribution in [0.1, 0.15) is 52.6 Å². The zero-order chi connectivity index (χ0) is 21.0. The molecule has 0 spiro atoms. The Labute approximate surface area is 172 Å². The van der Waals surface area contributed by atoms with Crippen molar-refractivity contribution in [2.45, 2.75) is 12.3 Å². The minimum atomic E-state index is -1.87. The minimum absolute atomic E-state index is 0.0771. The molecule has 4 nitrogen and oxygen atoms in total. The van der Waals surface area contributed by atoms with Gasteiger partial charge >= 0.3 is 0 Å². The van der Waals surface area contributed by atoms with E-state index in [1.807, 2.05) is 0 Å². The average Bonchev–Trinajstić information content (AvgIpc) is 2.99. The SMILES string of the molecule is Cc1ccccc1C1(C2=CC(=O)c3ccccc3C2=O)C(=O)c2ccccc2C1=O. The maximum absolute atomic E-state index is 13.8. The van der Waals surface area contributed by atoms with Crippen molar-refractivity contribution in [3.8, 4) is 0 Å². The maximum atomic E-state index is 13.8. The molecule has 0 unspecified atom stereocenters. The van der Waals surface area contributed by atoms with E-state index in [2.05, 4.69) is 0 Å². The molecule has 2 aliphatic rings. The van der Waals surface area contributed by atoms with Gasteiger partial charge < -0.3 is 0 Å². The van der Waals surface area contributed by atoms with Crippen LogP contribution in [-0.4, -0.2) is 23.1 Å². The number of fused-ring (bicyclic) bond motifs is 2. The first kappa shape index (κ1) is 18.1. The summed E-state index contributed by atoms with van der Waals surface area (Å²) in [5.74, 6) is -1.79. The van der Waals surface area contributed by atoms with Gasteiger partial charge in [-0.25, -0.2) is 0 Å². The molecule has 3 aromatic rings. The zero-order valence-corrected chi connectivity index (χ0v) is 16.1. The molecule has 30 heavy (non-hydrogen) atoms. The third-order valence-corrected chi connectivity index (χ3v) is 6.01. The molecule has 144 valence electrons. The fourth-order valence-electron chi connectivity index (χ4n) is 4.61. The number of hydrogen-bond donors (Lipinski definition) is 0. The van der Waals surface area contributed by atoms with E-state index in [-0.39, 0.29) is 33.6 Å². The van der Waals surface area contributed by atoms with E-state index in [1.165, 1.54) is 6.08 Å². The van der Waals surface area contributed by atoms with Crippen LogP contribution in [0.15, 0.2) is 84.4 Å². The number of carbonyl (C=O) groups excluding carboxylic acids is 4. The average molecular weight is 392 g/mol. The summed E-state index contributed by atoms with van der Waals surface area (Å²) in [4.78, 5) is 54.1. The van der Waals surface area contributed by atoms with Crippen molar-refractivity contribution >= 4 is 23.1 Å². The predicted octanol–water partition coefficient (Wildman–Crippen LogP) is 4.32. The maximum Gasteiger partial charge on any atom is 0.191 e. The van der Waals surface area contributed by atoms with Crippen LogP contribution in [0.5, 0.6) is 0 Å². The van der Waals surface area contributed by atoms with Crippen molar-refractivity contribution in [2.24, 2.45) is 0 Å². The Morgan fingerprint density at radius 3 is 1.70 bits per heavy atom. The van der Waals surface area contributed by atoms with Gasteiger partial charge in [-0.2, -0.15) is 0 Å². The van der Waals surface area contributed by atoms with E-state index in [0.29, 0.717) is 11.1 Å². The topological polar surface area (TPSA) is 68.3 Å². The molecule has 0 saturated carbocycles. The third-order valence-electron chi connectivity index (χ3n) is 6.01. The summed E-state index contributed by atoms with van der Waals surface area (Å²) >= 11 is 0. The highest BCUT2D eigenvalue weighted by Crippen LogP contribution is 2.48. The van der Waals surface area contributed by atoms with Gasteiger partial charge in [0.05, 0.1) is 0 Å². The number of carbonyl (C=O) groups is 4. The van der Waals surface area contributed by atoms with Gasteiger partial charge in [0.2, 0.25) is 0 Å². The van der Waals surface area contributed by atoms with Gasteiger partial charge in [-0.15, -0.1) is 0 Å². The summed E-state index contributed by atoms with van der Waals surface area (Å²) in [7, 11) is 0. The lowest BCUT2D eigenvalue weighted by molar-refractivity contribution is 0.0797. The lowest BCUT2D eigenvalue weighted by atomic mass is 9.65. The normalized spacial score (nSPS) is 16.9. The number of ketones is 4. The molecule has 0 radical (unpaired) electrons. The number of benzene rings is 3. The first-order chi connectivity index (χ1) is 14.5. The van der Waals surface area contributed by atoms with E-state index in [0.717, 1.165) is 0 Å².